The lowest BCUT2D eigenvalue weighted by Gasteiger charge is -2.26. The lowest BCUT2D eigenvalue weighted by atomic mass is 10.2. The third-order valence-corrected chi connectivity index (χ3v) is 6.90. The summed E-state index contributed by atoms with van der Waals surface area (Å²) in [7, 11) is -2.91. The molecule has 0 fully saturated rings. The first kappa shape index (κ1) is 25.4. The van der Waals surface area contributed by atoms with Gasteiger partial charge in [0.15, 0.2) is 0 Å². The summed E-state index contributed by atoms with van der Waals surface area (Å²) in [6, 6.07) is 16.2. The molecule has 0 radical (unpaired) electrons. The molecule has 0 bridgehead atoms. The van der Waals surface area contributed by atoms with Crippen LogP contribution in [0.1, 0.15) is 11.1 Å². The second-order valence-electron chi connectivity index (χ2n) is 7.11. The number of ether oxygens (including phenoxy) is 1. The maximum atomic E-state index is 13.3. The first-order valence-electron chi connectivity index (χ1n) is 9.86. The van der Waals surface area contributed by atoms with E-state index in [9.17, 15) is 26.4 Å². The monoisotopic (exact) mass is 512 g/mol. The number of rotatable bonds is 8. The molecule has 3 rings (SSSR count). The summed E-state index contributed by atoms with van der Waals surface area (Å²) in [4.78, 5) is 12.5. The Morgan fingerprint density at radius 3 is 2.26 bits per heavy atom. The number of halogens is 4. The minimum absolute atomic E-state index is 0.0678. The molecule has 0 atom stereocenters. The van der Waals surface area contributed by atoms with Gasteiger partial charge in [-0.2, -0.15) is 13.2 Å². The number of methoxy groups -OCH3 is 1. The number of benzene rings is 3. The topological polar surface area (TPSA) is 75.7 Å². The van der Waals surface area contributed by atoms with Crippen molar-refractivity contribution < 1.29 is 31.1 Å². The molecule has 3 aromatic carbocycles. The van der Waals surface area contributed by atoms with Crippen LogP contribution < -0.4 is 14.4 Å². The molecule has 0 aliphatic heterocycles. The Morgan fingerprint density at radius 2 is 1.68 bits per heavy atom. The first-order valence-corrected chi connectivity index (χ1v) is 11.7. The van der Waals surface area contributed by atoms with E-state index >= 15 is 0 Å². The third-order valence-electron chi connectivity index (χ3n) is 4.81. The molecule has 180 valence electrons. The second-order valence-corrected chi connectivity index (χ2v) is 9.38. The zero-order valence-electron chi connectivity index (χ0n) is 17.8. The van der Waals surface area contributed by atoms with Crippen LogP contribution >= 0.6 is 11.6 Å². The van der Waals surface area contributed by atoms with E-state index in [-0.39, 0.29) is 16.5 Å². The lowest BCUT2D eigenvalue weighted by Crippen LogP contribution is -2.41. The van der Waals surface area contributed by atoms with Gasteiger partial charge in [0.1, 0.15) is 12.3 Å². The molecule has 6 nitrogen and oxygen atoms in total. The lowest BCUT2D eigenvalue weighted by molar-refractivity contribution is -0.137. The summed E-state index contributed by atoms with van der Waals surface area (Å²) in [5.74, 6) is -0.113. The van der Waals surface area contributed by atoms with E-state index in [1.807, 2.05) is 0 Å². The Labute approximate surface area is 200 Å². The van der Waals surface area contributed by atoms with Crippen LogP contribution in [-0.4, -0.2) is 28.0 Å². The molecule has 0 saturated heterocycles. The number of nitrogens with zero attached hydrogens (tertiary/aromatic N) is 1. The fourth-order valence-corrected chi connectivity index (χ4v) is 4.75. The summed E-state index contributed by atoms with van der Waals surface area (Å²) in [5, 5.41) is 2.32. The number of carbonyl (C=O) groups is 1. The van der Waals surface area contributed by atoms with E-state index in [2.05, 4.69) is 5.32 Å². The quantitative estimate of drug-likeness (QED) is 0.467. The van der Waals surface area contributed by atoms with Gasteiger partial charge in [-0.3, -0.25) is 9.10 Å². The van der Waals surface area contributed by atoms with Crippen LogP contribution in [0.5, 0.6) is 5.75 Å². The fourth-order valence-electron chi connectivity index (χ4n) is 3.03. The van der Waals surface area contributed by atoms with Crippen molar-refractivity contribution >= 4 is 33.2 Å². The number of nitrogens with one attached hydrogen (secondary N) is 1. The highest BCUT2D eigenvalue weighted by Gasteiger charge is 2.34. The molecule has 0 aromatic heterocycles. The molecular weight excluding hydrogens is 493 g/mol. The van der Waals surface area contributed by atoms with Crippen LogP contribution in [0.15, 0.2) is 77.7 Å². The number of sulfonamides is 1. The van der Waals surface area contributed by atoms with Crippen LogP contribution in [0.25, 0.3) is 0 Å². The molecule has 0 saturated carbocycles. The fraction of sp³-hybridized carbons (Fsp3) is 0.174. The van der Waals surface area contributed by atoms with E-state index in [0.29, 0.717) is 21.7 Å². The number of amides is 1. The predicted octanol–water partition coefficient (Wildman–Crippen LogP) is 4.88. The maximum absolute atomic E-state index is 13.3. The maximum Gasteiger partial charge on any atom is 0.416 e. The van der Waals surface area contributed by atoms with Crippen molar-refractivity contribution in [2.45, 2.75) is 17.6 Å². The van der Waals surface area contributed by atoms with Gasteiger partial charge in [0, 0.05) is 6.54 Å². The van der Waals surface area contributed by atoms with Crippen molar-refractivity contribution in [1.82, 2.24) is 5.32 Å². The number of hydrogen-bond donors (Lipinski definition) is 1. The Morgan fingerprint density at radius 1 is 1.03 bits per heavy atom. The molecule has 0 aliphatic carbocycles. The van der Waals surface area contributed by atoms with Gasteiger partial charge < -0.3 is 10.1 Å². The average molecular weight is 513 g/mol. The van der Waals surface area contributed by atoms with Gasteiger partial charge in [0.05, 0.1) is 28.3 Å². The molecule has 11 heteroatoms. The van der Waals surface area contributed by atoms with Crippen LogP contribution in [0.4, 0.5) is 18.9 Å². The summed E-state index contributed by atoms with van der Waals surface area (Å²) in [6.45, 7) is -0.715. The highest BCUT2D eigenvalue weighted by molar-refractivity contribution is 7.92. The molecule has 0 aliphatic rings. The highest BCUT2D eigenvalue weighted by atomic mass is 35.5. The predicted molar refractivity (Wildman–Crippen MR) is 122 cm³/mol. The van der Waals surface area contributed by atoms with Gasteiger partial charge in [-0.05, 0) is 48.0 Å². The Kier molecular flexibility index (Phi) is 7.73. The molecule has 1 N–H and O–H groups in total. The van der Waals surface area contributed by atoms with Crippen molar-refractivity contribution in [2.24, 2.45) is 0 Å². The second kappa shape index (κ2) is 10.4. The van der Waals surface area contributed by atoms with Crippen LogP contribution in [0.3, 0.4) is 0 Å². The molecular formula is C23H20ClF3N2O4S. The Bertz CT molecular complexity index is 1250. The zero-order chi connectivity index (χ0) is 24.9. The van der Waals surface area contributed by atoms with Crippen molar-refractivity contribution in [3.05, 3.63) is 88.9 Å². The molecule has 34 heavy (non-hydrogen) atoms. The van der Waals surface area contributed by atoms with E-state index in [1.54, 1.807) is 30.3 Å². The molecule has 0 heterocycles. The average Bonchev–Trinajstić information content (AvgIpc) is 2.82. The van der Waals surface area contributed by atoms with Crippen molar-refractivity contribution in [3.8, 4) is 5.75 Å². The van der Waals surface area contributed by atoms with Crippen molar-refractivity contribution in [3.63, 3.8) is 0 Å². The van der Waals surface area contributed by atoms with Gasteiger partial charge in [-0.1, -0.05) is 41.9 Å². The van der Waals surface area contributed by atoms with Crippen LogP contribution in [0, 0.1) is 0 Å². The van der Waals surface area contributed by atoms with Gasteiger partial charge in [-0.25, -0.2) is 8.42 Å². The van der Waals surface area contributed by atoms with Gasteiger partial charge >= 0.3 is 6.18 Å². The van der Waals surface area contributed by atoms with Crippen molar-refractivity contribution in [2.75, 3.05) is 18.0 Å². The summed E-state index contributed by atoms with van der Waals surface area (Å²) in [6.07, 6.45) is -4.74. The summed E-state index contributed by atoms with van der Waals surface area (Å²) >= 11 is 6.10. The van der Waals surface area contributed by atoms with E-state index in [1.165, 1.54) is 31.4 Å². The molecule has 0 spiro atoms. The normalized spacial score (nSPS) is 11.7. The number of anilines is 1. The minimum atomic E-state index is -4.74. The van der Waals surface area contributed by atoms with E-state index in [4.69, 9.17) is 16.3 Å². The SMILES string of the molecule is COc1ccc(CNC(=O)CN(c2cc(C(F)(F)F)ccc2Cl)S(=O)(=O)c2ccccc2)cc1. The van der Waals surface area contributed by atoms with Crippen molar-refractivity contribution in [1.29, 1.82) is 0 Å². The van der Waals surface area contributed by atoms with Crippen LogP contribution in [-0.2, 0) is 27.5 Å². The zero-order valence-corrected chi connectivity index (χ0v) is 19.4. The molecule has 3 aromatic rings. The molecule has 1 amide bonds. The first-order chi connectivity index (χ1) is 16.0. The summed E-state index contributed by atoms with van der Waals surface area (Å²) < 4.78 is 72.2. The number of hydrogen-bond acceptors (Lipinski definition) is 4. The number of carbonyl (C=O) groups excluding carboxylic acids is 1. The van der Waals surface area contributed by atoms with Crippen LogP contribution in [0.2, 0.25) is 5.02 Å². The smallest absolute Gasteiger partial charge is 0.416 e. The third kappa shape index (κ3) is 6.00. The van der Waals surface area contributed by atoms with Gasteiger partial charge in [-0.15, -0.1) is 0 Å². The standard InChI is InChI=1S/C23H20ClF3N2O4S/c1-33-18-10-7-16(8-11-18)14-28-22(30)15-29(34(31,32)19-5-3-2-4-6-19)21-13-17(23(25,26)27)9-12-20(21)24/h2-13H,14-15H2,1H3,(H,28,30). The van der Waals surface area contributed by atoms with Gasteiger partial charge in [0.25, 0.3) is 10.0 Å². The largest absolute Gasteiger partial charge is 0.497 e. The van der Waals surface area contributed by atoms with Gasteiger partial charge in [0.2, 0.25) is 5.91 Å². The summed E-state index contributed by atoms with van der Waals surface area (Å²) in [5.41, 5.74) is -0.845. The highest BCUT2D eigenvalue weighted by Crippen LogP contribution is 2.37. The van der Waals surface area contributed by atoms with E-state index in [0.717, 1.165) is 12.1 Å². The minimum Gasteiger partial charge on any atom is -0.497 e. The Balaban J connectivity index is 1.93. The Hall–Kier alpha value is -3.24. The molecule has 0 unspecified atom stereocenters. The van der Waals surface area contributed by atoms with E-state index < -0.39 is 39.9 Å². The number of alkyl halides is 3.